The molecule has 16 heavy (non-hydrogen) atoms. The lowest BCUT2D eigenvalue weighted by atomic mass is 9.93. The lowest BCUT2D eigenvalue weighted by Crippen LogP contribution is -2.34. The maximum absolute atomic E-state index is 5.97. The molecule has 3 heteroatoms. The summed E-state index contributed by atoms with van der Waals surface area (Å²) in [5.41, 5.74) is 0. The average molecular weight is 226 g/mol. The molecule has 0 aromatic heterocycles. The molecule has 2 aliphatic rings. The zero-order chi connectivity index (χ0) is 11.2. The maximum atomic E-state index is 5.97. The molecule has 0 radical (unpaired) electrons. The van der Waals surface area contributed by atoms with Crippen LogP contribution in [-0.4, -0.2) is 50.3 Å². The van der Waals surface area contributed by atoms with Gasteiger partial charge in [0.2, 0.25) is 0 Å². The van der Waals surface area contributed by atoms with Gasteiger partial charge in [-0.3, -0.25) is 0 Å². The summed E-state index contributed by atoms with van der Waals surface area (Å²) in [4.78, 5) is 2.53. The fraction of sp³-hybridized carbons (Fsp3) is 1.00. The summed E-state index contributed by atoms with van der Waals surface area (Å²) in [5.74, 6) is 0. The lowest BCUT2D eigenvalue weighted by molar-refractivity contribution is 0.0141. The molecular weight excluding hydrogens is 200 g/mol. The number of hydrogen-bond donors (Lipinski definition) is 1. The first-order chi connectivity index (χ1) is 7.88. The molecule has 94 valence electrons. The molecule has 1 heterocycles. The van der Waals surface area contributed by atoms with Gasteiger partial charge in [0.1, 0.15) is 0 Å². The van der Waals surface area contributed by atoms with E-state index in [2.05, 4.69) is 17.3 Å². The first-order valence-electron chi connectivity index (χ1n) is 6.89. The second kappa shape index (κ2) is 6.58. The summed E-state index contributed by atoms with van der Waals surface area (Å²) in [5, 5.41) is 3.36. The van der Waals surface area contributed by atoms with E-state index < -0.39 is 0 Å². The van der Waals surface area contributed by atoms with Crippen molar-refractivity contribution in [1.82, 2.24) is 10.2 Å². The SMILES string of the molecule is CNC1CCC(OCCN2CCCC2)CC1. The molecule has 0 bridgehead atoms. The Morgan fingerprint density at radius 2 is 1.81 bits per heavy atom. The molecule has 0 aromatic carbocycles. The van der Waals surface area contributed by atoms with Gasteiger partial charge in [-0.2, -0.15) is 0 Å². The van der Waals surface area contributed by atoms with E-state index in [-0.39, 0.29) is 0 Å². The lowest BCUT2D eigenvalue weighted by Gasteiger charge is -2.28. The number of ether oxygens (including phenoxy) is 1. The van der Waals surface area contributed by atoms with Crippen LogP contribution in [0.2, 0.25) is 0 Å². The summed E-state index contributed by atoms with van der Waals surface area (Å²) in [7, 11) is 2.07. The topological polar surface area (TPSA) is 24.5 Å². The summed E-state index contributed by atoms with van der Waals surface area (Å²) >= 11 is 0. The van der Waals surface area contributed by atoms with Crippen molar-refractivity contribution in [3.63, 3.8) is 0 Å². The minimum absolute atomic E-state index is 0.534. The van der Waals surface area contributed by atoms with Crippen LogP contribution in [0.3, 0.4) is 0 Å². The minimum atomic E-state index is 0.534. The molecule has 0 unspecified atom stereocenters. The third-order valence-corrected chi connectivity index (χ3v) is 4.04. The Bertz CT molecular complexity index is 184. The van der Waals surface area contributed by atoms with Crippen molar-refractivity contribution >= 4 is 0 Å². The van der Waals surface area contributed by atoms with E-state index in [4.69, 9.17) is 4.74 Å². The van der Waals surface area contributed by atoms with E-state index in [1.165, 1.54) is 51.6 Å². The largest absolute Gasteiger partial charge is 0.377 e. The molecule has 1 aliphatic carbocycles. The van der Waals surface area contributed by atoms with E-state index in [1.807, 2.05) is 0 Å². The van der Waals surface area contributed by atoms with Gasteiger partial charge in [0.25, 0.3) is 0 Å². The van der Waals surface area contributed by atoms with Gasteiger partial charge in [0.05, 0.1) is 12.7 Å². The third kappa shape index (κ3) is 3.72. The van der Waals surface area contributed by atoms with Gasteiger partial charge in [-0.25, -0.2) is 0 Å². The van der Waals surface area contributed by atoms with Crippen molar-refractivity contribution in [2.75, 3.05) is 33.3 Å². The van der Waals surface area contributed by atoms with E-state index in [0.29, 0.717) is 6.10 Å². The standard InChI is InChI=1S/C13H26N2O/c1-14-12-4-6-13(7-5-12)16-11-10-15-8-2-3-9-15/h12-14H,2-11H2,1H3. The molecule has 1 saturated carbocycles. The highest BCUT2D eigenvalue weighted by molar-refractivity contribution is 4.76. The summed E-state index contributed by atoms with van der Waals surface area (Å²) in [6, 6.07) is 0.735. The van der Waals surface area contributed by atoms with Gasteiger partial charge >= 0.3 is 0 Å². The van der Waals surface area contributed by atoms with Crippen molar-refractivity contribution in [1.29, 1.82) is 0 Å². The van der Waals surface area contributed by atoms with Gasteiger partial charge < -0.3 is 15.0 Å². The van der Waals surface area contributed by atoms with Gasteiger partial charge in [0.15, 0.2) is 0 Å². The first-order valence-corrected chi connectivity index (χ1v) is 6.89. The molecule has 1 N–H and O–H groups in total. The summed E-state index contributed by atoms with van der Waals surface area (Å²) in [6.07, 6.45) is 8.35. The predicted molar refractivity (Wildman–Crippen MR) is 66.7 cm³/mol. The fourth-order valence-electron chi connectivity index (χ4n) is 2.87. The first kappa shape index (κ1) is 12.3. The molecule has 2 fully saturated rings. The molecule has 3 nitrogen and oxygen atoms in total. The van der Waals surface area contributed by atoms with Gasteiger partial charge in [-0.05, 0) is 58.7 Å². The summed E-state index contributed by atoms with van der Waals surface area (Å²) < 4.78 is 5.97. The molecule has 0 atom stereocenters. The van der Waals surface area contributed by atoms with Gasteiger partial charge in [-0.15, -0.1) is 0 Å². The van der Waals surface area contributed by atoms with Crippen molar-refractivity contribution in [2.24, 2.45) is 0 Å². The predicted octanol–water partition coefficient (Wildman–Crippen LogP) is 1.63. The Morgan fingerprint density at radius 3 is 2.44 bits per heavy atom. The smallest absolute Gasteiger partial charge is 0.0597 e. The zero-order valence-electron chi connectivity index (χ0n) is 10.6. The highest BCUT2D eigenvalue weighted by atomic mass is 16.5. The normalized spacial score (nSPS) is 32.1. The fourth-order valence-corrected chi connectivity index (χ4v) is 2.87. The van der Waals surface area contributed by atoms with Crippen LogP contribution in [0, 0.1) is 0 Å². The van der Waals surface area contributed by atoms with E-state index in [9.17, 15) is 0 Å². The molecule has 0 amide bonds. The van der Waals surface area contributed by atoms with Crippen molar-refractivity contribution < 1.29 is 4.74 Å². The molecule has 2 rings (SSSR count). The van der Waals surface area contributed by atoms with Gasteiger partial charge in [-0.1, -0.05) is 0 Å². The number of likely N-dealkylation sites (tertiary alicyclic amines) is 1. The number of rotatable bonds is 5. The van der Waals surface area contributed by atoms with Crippen LogP contribution in [0.1, 0.15) is 38.5 Å². The number of nitrogens with one attached hydrogen (secondary N) is 1. The van der Waals surface area contributed by atoms with Crippen molar-refractivity contribution in [3.8, 4) is 0 Å². The van der Waals surface area contributed by atoms with Crippen LogP contribution in [0.15, 0.2) is 0 Å². The second-order valence-electron chi connectivity index (χ2n) is 5.18. The van der Waals surface area contributed by atoms with Crippen LogP contribution in [0.4, 0.5) is 0 Å². The Balaban J connectivity index is 1.53. The van der Waals surface area contributed by atoms with Crippen LogP contribution in [-0.2, 0) is 4.74 Å². The summed E-state index contributed by atoms with van der Waals surface area (Å²) in [6.45, 7) is 4.66. The van der Waals surface area contributed by atoms with E-state index >= 15 is 0 Å². The molecule has 0 aromatic rings. The number of nitrogens with zero attached hydrogens (tertiary/aromatic N) is 1. The van der Waals surface area contributed by atoms with E-state index in [1.54, 1.807) is 0 Å². The maximum Gasteiger partial charge on any atom is 0.0597 e. The third-order valence-electron chi connectivity index (χ3n) is 4.04. The zero-order valence-corrected chi connectivity index (χ0v) is 10.6. The molecular formula is C13H26N2O. The van der Waals surface area contributed by atoms with Crippen LogP contribution in [0.5, 0.6) is 0 Å². The highest BCUT2D eigenvalue weighted by Gasteiger charge is 2.20. The van der Waals surface area contributed by atoms with Crippen LogP contribution in [0.25, 0.3) is 0 Å². The van der Waals surface area contributed by atoms with Crippen LogP contribution < -0.4 is 5.32 Å². The monoisotopic (exact) mass is 226 g/mol. The van der Waals surface area contributed by atoms with Crippen molar-refractivity contribution in [3.05, 3.63) is 0 Å². The molecule has 1 aliphatic heterocycles. The Labute approximate surface area is 99.5 Å². The van der Waals surface area contributed by atoms with E-state index in [0.717, 1.165) is 19.2 Å². The Hall–Kier alpha value is -0.120. The molecule has 1 saturated heterocycles. The average Bonchev–Trinajstić information content (AvgIpc) is 2.83. The Kier molecular flexibility index (Phi) is 5.07. The molecule has 0 spiro atoms. The van der Waals surface area contributed by atoms with Crippen molar-refractivity contribution in [2.45, 2.75) is 50.7 Å². The highest BCUT2D eigenvalue weighted by Crippen LogP contribution is 2.21. The quantitative estimate of drug-likeness (QED) is 0.771. The Morgan fingerprint density at radius 1 is 1.12 bits per heavy atom. The number of hydrogen-bond acceptors (Lipinski definition) is 3. The second-order valence-corrected chi connectivity index (χ2v) is 5.18. The van der Waals surface area contributed by atoms with Gasteiger partial charge in [0, 0.05) is 12.6 Å². The van der Waals surface area contributed by atoms with Crippen LogP contribution >= 0.6 is 0 Å². The minimum Gasteiger partial charge on any atom is -0.377 e.